The van der Waals surface area contributed by atoms with Gasteiger partial charge in [0.15, 0.2) is 22.7 Å². The van der Waals surface area contributed by atoms with Crippen LogP contribution in [0.2, 0.25) is 0 Å². The van der Waals surface area contributed by atoms with Crippen LogP contribution in [0.4, 0.5) is 19.2 Å². The summed E-state index contributed by atoms with van der Waals surface area (Å²) in [5, 5.41) is 43.2. The van der Waals surface area contributed by atoms with Crippen molar-refractivity contribution < 1.29 is 39.6 Å². The van der Waals surface area contributed by atoms with E-state index < -0.39 is 46.8 Å². The van der Waals surface area contributed by atoms with Crippen LogP contribution in [0.3, 0.4) is 0 Å². The van der Waals surface area contributed by atoms with E-state index in [9.17, 15) is 39.6 Å². The average molecular weight is 633 g/mol. The minimum Gasteiger partial charge on any atom is -0.508 e. The van der Waals surface area contributed by atoms with Crippen molar-refractivity contribution in [3.8, 4) is 23.0 Å². The number of carbonyl (C=O) groups is 4. The van der Waals surface area contributed by atoms with Crippen molar-refractivity contribution in [3.63, 3.8) is 0 Å². The highest BCUT2D eigenvalue weighted by molar-refractivity contribution is 5.92. The van der Waals surface area contributed by atoms with Crippen LogP contribution in [0.1, 0.15) is 49.9 Å². The zero-order valence-electron chi connectivity index (χ0n) is 25.6. The summed E-state index contributed by atoms with van der Waals surface area (Å²) >= 11 is 0. The molecule has 7 heterocycles. The van der Waals surface area contributed by atoms with E-state index in [2.05, 4.69) is 0 Å². The van der Waals surface area contributed by atoms with Gasteiger partial charge in [-0.2, -0.15) is 0 Å². The van der Waals surface area contributed by atoms with Gasteiger partial charge < -0.3 is 20.4 Å². The van der Waals surface area contributed by atoms with E-state index in [1.54, 1.807) is 27.7 Å². The number of phenolic OH excluding ortho intramolecular Hbond substituents is 4. The Morgan fingerprint density at radius 3 is 0.826 bits per heavy atom. The lowest BCUT2D eigenvalue weighted by Gasteiger charge is -2.52. The third-order valence-corrected chi connectivity index (χ3v) is 12.4. The monoisotopic (exact) mass is 632 g/mol. The molecule has 0 atom stereocenters. The SMILES string of the molecule is C[C@]12N3Cc4c(O)ccc(O)c4CN1C(=O)N1CN4C(=O)N5Cc6c(O)ccc(O)c6CN6C(=O)N(CN(C3=O)[C@]12C)[C@]4(C)[C@@]56C. The number of amides is 8. The average Bonchev–Trinajstić information content (AvgIpc) is 3.27. The van der Waals surface area contributed by atoms with E-state index in [-0.39, 0.29) is 62.5 Å². The maximum absolute atomic E-state index is 14.6. The summed E-state index contributed by atoms with van der Waals surface area (Å²) in [5.41, 5.74) is -4.23. The lowest BCUT2D eigenvalue weighted by Crippen LogP contribution is -2.73. The van der Waals surface area contributed by atoms with E-state index >= 15 is 0 Å². The molecule has 0 saturated carbocycles. The van der Waals surface area contributed by atoms with Crippen molar-refractivity contribution in [2.24, 2.45) is 0 Å². The third-order valence-electron chi connectivity index (χ3n) is 12.4. The highest BCUT2D eigenvalue weighted by Crippen LogP contribution is 2.60. The van der Waals surface area contributed by atoms with Crippen LogP contribution in [0, 0.1) is 0 Å². The van der Waals surface area contributed by atoms with Gasteiger partial charge in [0.1, 0.15) is 36.3 Å². The van der Waals surface area contributed by atoms with E-state index in [1.807, 2.05) is 0 Å². The van der Waals surface area contributed by atoms with Gasteiger partial charge in [0, 0.05) is 22.3 Å². The van der Waals surface area contributed by atoms with Gasteiger partial charge in [0.05, 0.1) is 26.2 Å². The summed E-state index contributed by atoms with van der Waals surface area (Å²) in [6, 6.07) is 3.41. The Kier molecular flexibility index (Phi) is 4.45. The quantitative estimate of drug-likeness (QED) is 0.319. The number of urea groups is 4. The Hall–Kier alpha value is -5.28. The molecule has 7 aliphatic rings. The van der Waals surface area contributed by atoms with Crippen molar-refractivity contribution >= 4 is 24.1 Å². The van der Waals surface area contributed by atoms with Gasteiger partial charge in [-0.15, -0.1) is 0 Å². The molecule has 0 aliphatic carbocycles. The normalized spacial score (nSPS) is 33.7. The lowest BCUT2D eigenvalue weighted by atomic mass is 9.92. The van der Waals surface area contributed by atoms with Gasteiger partial charge in [-0.05, 0) is 52.0 Å². The number of hydrogen-bond donors (Lipinski definition) is 4. The second-order valence-corrected chi connectivity index (χ2v) is 13.7. The van der Waals surface area contributed by atoms with Crippen LogP contribution in [-0.4, -0.2) is 120 Å². The fraction of sp³-hybridized carbons (Fsp3) is 0.467. The molecule has 0 radical (unpaired) electrons. The highest BCUT2D eigenvalue weighted by Gasteiger charge is 2.81. The molecule has 16 nitrogen and oxygen atoms in total. The Bertz CT molecular complexity index is 1630. The van der Waals surface area contributed by atoms with Gasteiger partial charge in [0.25, 0.3) is 0 Å². The second kappa shape index (κ2) is 7.57. The first-order valence-corrected chi connectivity index (χ1v) is 15.1. The summed E-state index contributed by atoms with van der Waals surface area (Å²) in [6.45, 7) is 5.97. The smallest absolute Gasteiger partial charge is 0.325 e. The maximum atomic E-state index is 14.6. The fourth-order valence-corrected chi connectivity index (χ4v) is 9.34. The summed E-state index contributed by atoms with van der Waals surface area (Å²) in [6.07, 6.45) is 0. The molecule has 0 unspecified atom stereocenters. The first kappa shape index (κ1) is 27.1. The summed E-state index contributed by atoms with van der Waals surface area (Å²) in [4.78, 5) is 70.2. The van der Waals surface area contributed by atoms with Gasteiger partial charge >= 0.3 is 24.1 Å². The molecule has 2 aromatic rings. The van der Waals surface area contributed by atoms with E-state index in [1.165, 1.54) is 63.5 Å². The van der Waals surface area contributed by atoms with Gasteiger partial charge in [-0.25, -0.2) is 19.2 Å². The number of nitrogens with zero attached hydrogens (tertiary/aromatic N) is 8. The zero-order chi connectivity index (χ0) is 32.6. The van der Waals surface area contributed by atoms with Crippen LogP contribution >= 0.6 is 0 Å². The molecule has 4 N–H and O–H groups in total. The van der Waals surface area contributed by atoms with Crippen molar-refractivity contribution in [1.29, 1.82) is 0 Å². The van der Waals surface area contributed by atoms with Crippen LogP contribution in [0.15, 0.2) is 24.3 Å². The van der Waals surface area contributed by atoms with Crippen LogP contribution in [0.25, 0.3) is 0 Å². The predicted molar refractivity (Wildman–Crippen MR) is 154 cm³/mol. The topological polar surface area (TPSA) is 175 Å². The fourth-order valence-electron chi connectivity index (χ4n) is 9.34. The minimum absolute atomic E-state index is 0.111. The summed E-state index contributed by atoms with van der Waals surface area (Å²) in [7, 11) is 0. The van der Waals surface area contributed by atoms with Crippen LogP contribution in [-0.2, 0) is 26.2 Å². The standard InChI is InChI=1S/C30H32N8O8/c1-27-29(3)35-13-37-25(45)33-11-17-18(22(42)8-7-21(17)41)12-34-26(46)38(30(37,4)28(33,34)2)14-36(29)24(44)32(27)10-16-15(9-31(27)23(35)43)19(39)5-6-20(16)40/h5-8,39-42H,9-14H2,1-4H3/t27-,28+,29+,30-. The maximum Gasteiger partial charge on any atom is 0.325 e. The molecular weight excluding hydrogens is 600 g/mol. The number of hydrogen-bond acceptors (Lipinski definition) is 8. The van der Waals surface area contributed by atoms with Gasteiger partial charge in [0.2, 0.25) is 0 Å². The minimum atomic E-state index is -1.41. The highest BCUT2D eigenvalue weighted by atomic mass is 16.3. The molecule has 16 heteroatoms. The number of rotatable bonds is 0. The molecule has 0 bridgehead atoms. The molecule has 2 aromatic carbocycles. The predicted octanol–water partition coefficient (Wildman–Crippen LogP) is 1.98. The Morgan fingerprint density at radius 1 is 0.413 bits per heavy atom. The van der Waals surface area contributed by atoms with Crippen LogP contribution < -0.4 is 0 Å². The first-order valence-electron chi connectivity index (χ1n) is 15.1. The summed E-state index contributed by atoms with van der Waals surface area (Å²) in [5.74, 6) is -0.488. The lowest BCUT2D eigenvalue weighted by molar-refractivity contribution is -0.125. The Morgan fingerprint density at radius 2 is 0.609 bits per heavy atom. The number of phenols is 4. The molecule has 7 aliphatic heterocycles. The Balaban J connectivity index is 1.24. The molecule has 0 aromatic heterocycles. The van der Waals surface area contributed by atoms with E-state index in [0.29, 0.717) is 22.3 Å². The molecule has 5 saturated heterocycles. The number of fused-ring (bicyclic) bond motifs is 2. The van der Waals surface area contributed by atoms with Crippen molar-refractivity contribution in [3.05, 3.63) is 46.5 Å². The number of aromatic hydroxyl groups is 4. The van der Waals surface area contributed by atoms with Gasteiger partial charge in [-0.1, -0.05) is 0 Å². The molecular formula is C30H32N8O8. The zero-order valence-corrected chi connectivity index (χ0v) is 25.6. The molecule has 240 valence electrons. The third kappa shape index (κ3) is 2.43. The number of benzene rings is 2. The first-order chi connectivity index (χ1) is 21.6. The largest absolute Gasteiger partial charge is 0.508 e. The second-order valence-electron chi connectivity index (χ2n) is 13.7. The number of carbonyl (C=O) groups excluding carboxylic acids is 4. The summed E-state index contributed by atoms with van der Waals surface area (Å²) < 4.78 is 0. The van der Waals surface area contributed by atoms with Gasteiger partial charge in [-0.3, -0.25) is 39.2 Å². The van der Waals surface area contributed by atoms with Crippen molar-refractivity contribution in [2.45, 2.75) is 76.5 Å². The molecule has 5 fully saturated rings. The van der Waals surface area contributed by atoms with E-state index in [0.717, 1.165) is 0 Å². The molecule has 9 rings (SSSR count). The van der Waals surface area contributed by atoms with Crippen molar-refractivity contribution in [2.75, 3.05) is 13.3 Å². The molecule has 8 amide bonds. The van der Waals surface area contributed by atoms with Crippen molar-refractivity contribution in [1.82, 2.24) is 39.2 Å². The molecule has 0 spiro atoms. The van der Waals surface area contributed by atoms with E-state index in [4.69, 9.17) is 0 Å². The molecule has 46 heavy (non-hydrogen) atoms. The Labute approximate surface area is 262 Å². The van der Waals surface area contributed by atoms with Crippen LogP contribution in [0.5, 0.6) is 23.0 Å².